The van der Waals surface area contributed by atoms with Crippen LogP contribution in [0.1, 0.15) is 51.1 Å². The van der Waals surface area contributed by atoms with Crippen LogP contribution < -0.4 is 10.6 Å². The molecule has 1 aromatic rings. The molecule has 126 valence electrons. The number of nitrogens with one attached hydrogen (secondary N) is 2. The van der Waals surface area contributed by atoms with Crippen LogP contribution in [0.15, 0.2) is 30.3 Å². The van der Waals surface area contributed by atoms with Gasteiger partial charge in [0.15, 0.2) is 0 Å². The van der Waals surface area contributed by atoms with Gasteiger partial charge in [-0.2, -0.15) is 0 Å². The van der Waals surface area contributed by atoms with Crippen molar-refractivity contribution < 1.29 is 9.59 Å². The molecule has 2 N–H and O–H groups in total. The zero-order chi connectivity index (χ0) is 16.7. The van der Waals surface area contributed by atoms with Crippen LogP contribution in [0.3, 0.4) is 0 Å². The van der Waals surface area contributed by atoms with Crippen LogP contribution >= 0.6 is 0 Å². The molecule has 0 aliphatic carbocycles. The smallest absolute Gasteiger partial charge is 0.318 e. The van der Waals surface area contributed by atoms with Crippen molar-refractivity contribution in [3.05, 3.63) is 35.9 Å². The van der Waals surface area contributed by atoms with Gasteiger partial charge in [-0.25, -0.2) is 4.79 Å². The van der Waals surface area contributed by atoms with Crippen molar-refractivity contribution in [1.29, 1.82) is 0 Å². The molecule has 1 saturated heterocycles. The summed E-state index contributed by atoms with van der Waals surface area (Å²) in [4.78, 5) is 26.7. The summed E-state index contributed by atoms with van der Waals surface area (Å²) >= 11 is 0. The largest absolute Gasteiger partial charge is 0.356 e. The molecular formula is C18H27N3O2. The minimum Gasteiger partial charge on any atom is -0.356 e. The number of rotatable bonds is 2. The van der Waals surface area contributed by atoms with Gasteiger partial charge in [-0.15, -0.1) is 0 Å². The molecule has 5 nitrogen and oxygen atoms in total. The molecule has 1 heterocycles. The number of hydrogen-bond donors (Lipinski definition) is 2. The molecule has 0 radical (unpaired) electrons. The minimum absolute atomic E-state index is 0.00287. The predicted octanol–water partition coefficient (Wildman–Crippen LogP) is 2.84. The van der Waals surface area contributed by atoms with E-state index in [9.17, 15) is 9.59 Å². The Hall–Kier alpha value is -2.04. The van der Waals surface area contributed by atoms with Crippen LogP contribution in [-0.4, -0.2) is 36.0 Å². The Morgan fingerprint density at radius 1 is 1.22 bits per heavy atom. The van der Waals surface area contributed by atoms with E-state index in [2.05, 4.69) is 10.6 Å². The second-order valence-electron chi connectivity index (χ2n) is 6.34. The molecule has 1 unspecified atom stereocenters. The first-order valence-electron chi connectivity index (χ1n) is 8.46. The Kier molecular flexibility index (Phi) is 6.44. The molecule has 1 fully saturated rings. The number of amides is 3. The fourth-order valence-electron chi connectivity index (χ4n) is 2.87. The van der Waals surface area contributed by atoms with Gasteiger partial charge >= 0.3 is 6.03 Å². The van der Waals surface area contributed by atoms with Crippen LogP contribution in [-0.2, 0) is 4.79 Å². The fraction of sp³-hybridized carbons (Fsp3) is 0.556. The lowest BCUT2D eigenvalue weighted by molar-refractivity contribution is -0.122. The molecule has 1 aromatic carbocycles. The van der Waals surface area contributed by atoms with Gasteiger partial charge < -0.3 is 15.5 Å². The van der Waals surface area contributed by atoms with Crippen molar-refractivity contribution >= 4 is 11.9 Å². The summed E-state index contributed by atoms with van der Waals surface area (Å²) in [6.07, 6.45) is 3.22. The van der Waals surface area contributed by atoms with Gasteiger partial charge in [-0.1, -0.05) is 30.3 Å². The van der Waals surface area contributed by atoms with E-state index in [4.69, 9.17) is 0 Å². The number of hydrogen-bond acceptors (Lipinski definition) is 2. The van der Waals surface area contributed by atoms with Gasteiger partial charge in [0.05, 0.1) is 12.5 Å². The van der Waals surface area contributed by atoms with E-state index in [0.717, 1.165) is 31.4 Å². The Balaban J connectivity index is 2.27. The lowest BCUT2D eigenvalue weighted by atomic mass is 10.0. The van der Waals surface area contributed by atoms with Gasteiger partial charge in [-0.3, -0.25) is 4.79 Å². The summed E-state index contributed by atoms with van der Waals surface area (Å²) in [7, 11) is 0. The highest BCUT2D eigenvalue weighted by Crippen LogP contribution is 2.25. The number of urea groups is 1. The normalized spacial score (nSPS) is 20.0. The van der Waals surface area contributed by atoms with E-state index < -0.39 is 0 Å². The van der Waals surface area contributed by atoms with E-state index in [-0.39, 0.29) is 24.0 Å². The van der Waals surface area contributed by atoms with Crippen molar-refractivity contribution in [3.63, 3.8) is 0 Å². The molecule has 3 amide bonds. The predicted molar refractivity (Wildman–Crippen MR) is 91.0 cm³/mol. The average Bonchev–Trinajstić information content (AvgIpc) is 2.53. The summed E-state index contributed by atoms with van der Waals surface area (Å²) in [5.74, 6) is 0.00287. The standard InChI is InChI=1S/C18H27N3O2/c1-14(2)20-18(23)21-12-8-4-7-11-19-17(22)13-16(21)15-9-5-3-6-10-15/h3,5-6,9-10,14,16H,4,7-8,11-13H2,1-2H3,(H,19,22)(H,20,23). The van der Waals surface area contributed by atoms with Crippen molar-refractivity contribution in [3.8, 4) is 0 Å². The maximum Gasteiger partial charge on any atom is 0.318 e. The maximum atomic E-state index is 12.6. The first-order chi connectivity index (χ1) is 11.1. The molecule has 1 aliphatic rings. The minimum atomic E-state index is -0.229. The molecule has 0 aromatic heterocycles. The lowest BCUT2D eigenvalue weighted by Gasteiger charge is -2.33. The molecular weight excluding hydrogens is 290 g/mol. The fourth-order valence-corrected chi connectivity index (χ4v) is 2.87. The van der Waals surface area contributed by atoms with Crippen LogP contribution in [0.25, 0.3) is 0 Å². The zero-order valence-electron chi connectivity index (χ0n) is 14.0. The molecule has 0 saturated carbocycles. The zero-order valence-corrected chi connectivity index (χ0v) is 14.0. The summed E-state index contributed by atoms with van der Waals surface area (Å²) in [6.45, 7) is 5.29. The van der Waals surface area contributed by atoms with E-state index in [1.807, 2.05) is 49.1 Å². The summed E-state index contributed by atoms with van der Waals surface area (Å²) in [5.41, 5.74) is 1.00. The molecule has 1 aliphatic heterocycles. The number of benzene rings is 1. The topological polar surface area (TPSA) is 61.4 Å². The van der Waals surface area contributed by atoms with Crippen LogP contribution in [0, 0.1) is 0 Å². The van der Waals surface area contributed by atoms with Gasteiger partial charge in [0.25, 0.3) is 0 Å². The van der Waals surface area contributed by atoms with E-state index in [1.54, 1.807) is 0 Å². The quantitative estimate of drug-likeness (QED) is 0.881. The first kappa shape index (κ1) is 17.3. The van der Waals surface area contributed by atoms with Gasteiger partial charge in [0, 0.05) is 19.1 Å². The van der Waals surface area contributed by atoms with Crippen molar-refractivity contribution in [2.45, 2.75) is 51.6 Å². The Morgan fingerprint density at radius 2 is 1.96 bits per heavy atom. The second kappa shape index (κ2) is 8.56. The third kappa shape index (κ3) is 5.27. The molecule has 2 rings (SSSR count). The van der Waals surface area contributed by atoms with Crippen LogP contribution in [0.5, 0.6) is 0 Å². The Labute approximate surface area is 138 Å². The molecule has 0 spiro atoms. The highest BCUT2D eigenvalue weighted by Gasteiger charge is 2.27. The molecule has 23 heavy (non-hydrogen) atoms. The van der Waals surface area contributed by atoms with E-state index in [0.29, 0.717) is 13.0 Å². The summed E-state index contributed by atoms with van der Waals surface area (Å²) in [6, 6.07) is 9.56. The molecule has 1 atom stereocenters. The number of carbonyl (C=O) groups excluding carboxylic acids is 2. The second-order valence-corrected chi connectivity index (χ2v) is 6.34. The summed E-state index contributed by atoms with van der Waals surface area (Å²) < 4.78 is 0. The van der Waals surface area contributed by atoms with Gasteiger partial charge in [-0.05, 0) is 38.7 Å². The van der Waals surface area contributed by atoms with Crippen molar-refractivity contribution in [1.82, 2.24) is 15.5 Å². The van der Waals surface area contributed by atoms with E-state index in [1.165, 1.54) is 0 Å². The molecule has 5 heteroatoms. The third-order valence-electron chi connectivity index (χ3n) is 4.01. The SMILES string of the molecule is CC(C)NC(=O)N1CCCCCNC(=O)CC1c1ccccc1. The first-order valence-corrected chi connectivity index (χ1v) is 8.46. The average molecular weight is 317 g/mol. The third-order valence-corrected chi connectivity index (χ3v) is 4.01. The lowest BCUT2D eigenvalue weighted by Crippen LogP contribution is -2.46. The number of carbonyl (C=O) groups is 2. The highest BCUT2D eigenvalue weighted by molar-refractivity contribution is 5.79. The van der Waals surface area contributed by atoms with Crippen LogP contribution in [0.2, 0.25) is 0 Å². The maximum absolute atomic E-state index is 12.6. The van der Waals surface area contributed by atoms with E-state index >= 15 is 0 Å². The van der Waals surface area contributed by atoms with Crippen molar-refractivity contribution in [2.24, 2.45) is 0 Å². The highest BCUT2D eigenvalue weighted by atomic mass is 16.2. The van der Waals surface area contributed by atoms with Crippen LogP contribution in [0.4, 0.5) is 4.79 Å². The van der Waals surface area contributed by atoms with Gasteiger partial charge in [0.2, 0.25) is 5.91 Å². The van der Waals surface area contributed by atoms with Crippen molar-refractivity contribution in [2.75, 3.05) is 13.1 Å². The molecule has 0 bridgehead atoms. The number of nitrogens with zero attached hydrogens (tertiary/aromatic N) is 1. The Bertz CT molecular complexity index is 516. The summed E-state index contributed by atoms with van der Waals surface area (Å²) in [5, 5.41) is 5.92. The van der Waals surface area contributed by atoms with Gasteiger partial charge in [0.1, 0.15) is 0 Å². The monoisotopic (exact) mass is 317 g/mol. The Morgan fingerprint density at radius 3 is 2.65 bits per heavy atom.